The summed E-state index contributed by atoms with van der Waals surface area (Å²) in [6.07, 6.45) is 1.34. The number of nitrogens with zero attached hydrogens (tertiary/aromatic N) is 3. The van der Waals surface area contributed by atoms with Crippen LogP contribution in [0.2, 0.25) is 0 Å². The predicted octanol–water partition coefficient (Wildman–Crippen LogP) is 2.03. The number of ether oxygens (including phenoxy) is 3. The topological polar surface area (TPSA) is 73.8 Å². The first-order valence-corrected chi connectivity index (χ1v) is 9.07. The molecule has 0 aliphatic carbocycles. The van der Waals surface area contributed by atoms with E-state index in [1.807, 2.05) is 0 Å². The molecule has 2 aliphatic rings. The lowest BCUT2D eigenvalue weighted by atomic mass is 9.82. The van der Waals surface area contributed by atoms with Crippen LogP contribution in [-0.4, -0.2) is 67.9 Å². The van der Waals surface area contributed by atoms with Crippen LogP contribution in [0.4, 0.5) is 4.39 Å². The van der Waals surface area contributed by atoms with Crippen molar-refractivity contribution in [2.75, 3.05) is 47.1 Å². The lowest BCUT2D eigenvalue weighted by Gasteiger charge is -2.26. The highest BCUT2D eigenvalue weighted by molar-refractivity contribution is 5.95. The van der Waals surface area contributed by atoms with Gasteiger partial charge in [-0.15, -0.1) is 0 Å². The van der Waals surface area contributed by atoms with E-state index in [9.17, 15) is 9.18 Å². The first-order valence-electron chi connectivity index (χ1n) is 9.07. The van der Waals surface area contributed by atoms with E-state index in [4.69, 9.17) is 14.2 Å². The second kappa shape index (κ2) is 7.44. The van der Waals surface area contributed by atoms with Gasteiger partial charge in [-0.25, -0.2) is 14.4 Å². The van der Waals surface area contributed by atoms with Crippen LogP contribution in [0.3, 0.4) is 0 Å². The molecule has 0 spiro atoms. The number of amides is 1. The molecule has 2 aliphatic heterocycles. The van der Waals surface area contributed by atoms with Gasteiger partial charge < -0.3 is 19.1 Å². The zero-order valence-electron chi connectivity index (χ0n) is 15.9. The first kappa shape index (κ1) is 18.8. The average Bonchev–Trinajstić information content (AvgIpc) is 3.24. The van der Waals surface area contributed by atoms with Crippen molar-refractivity contribution >= 4 is 5.91 Å². The van der Waals surface area contributed by atoms with Gasteiger partial charge in [-0.1, -0.05) is 0 Å². The highest BCUT2D eigenvalue weighted by atomic mass is 19.1. The molecule has 2 atom stereocenters. The van der Waals surface area contributed by atoms with E-state index in [1.54, 1.807) is 24.1 Å². The molecular formula is C20H22FN3O4. The number of rotatable bonds is 5. The quantitative estimate of drug-likeness (QED) is 0.782. The zero-order valence-corrected chi connectivity index (χ0v) is 15.9. The molecule has 0 saturated carbocycles. The Morgan fingerprint density at radius 3 is 2.96 bits per heavy atom. The van der Waals surface area contributed by atoms with Crippen molar-refractivity contribution in [3.05, 3.63) is 42.0 Å². The van der Waals surface area contributed by atoms with Crippen LogP contribution in [0, 0.1) is 17.2 Å². The van der Waals surface area contributed by atoms with Crippen molar-refractivity contribution in [3.63, 3.8) is 0 Å². The number of halogens is 1. The zero-order chi connectivity index (χ0) is 19.7. The third-order valence-electron chi connectivity index (χ3n) is 5.53. The van der Waals surface area contributed by atoms with Crippen molar-refractivity contribution in [2.24, 2.45) is 11.3 Å². The molecule has 3 heterocycles. The molecule has 148 valence electrons. The summed E-state index contributed by atoms with van der Waals surface area (Å²) in [6.45, 7) is 2.84. The van der Waals surface area contributed by atoms with Crippen LogP contribution in [-0.2, 0) is 9.47 Å². The molecule has 2 aromatic rings. The minimum absolute atomic E-state index is 0.180. The van der Waals surface area contributed by atoms with Gasteiger partial charge in [0, 0.05) is 48.7 Å². The SMILES string of the molecule is COC[C@@]12COC[C@@H]1CN(C(=O)c1cc(F)cc(-c3cc(OC)ncn3)c1)C2. The summed E-state index contributed by atoms with van der Waals surface area (Å²) in [5.41, 5.74) is 1.10. The van der Waals surface area contributed by atoms with E-state index in [-0.39, 0.29) is 17.2 Å². The number of fused-ring (bicyclic) bond motifs is 1. The maximum absolute atomic E-state index is 14.3. The second-order valence-corrected chi connectivity index (χ2v) is 7.37. The predicted molar refractivity (Wildman–Crippen MR) is 98.5 cm³/mol. The Morgan fingerprint density at radius 2 is 2.18 bits per heavy atom. The van der Waals surface area contributed by atoms with Gasteiger partial charge >= 0.3 is 0 Å². The van der Waals surface area contributed by atoms with Crippen molar-refractivity contribution in [2.45, 2.75) is 0 Å². The Balaban J connectivity index is 1.61. The molecule has 0 N–H and O–H groups in total. The van der Waals surface area contributed by atoms with E-state index in [0.717, 1.165) is 0 Å². The molecule has 7 nitrogen and oxygen atoms in total. The number of carbonyl (C=O) groups excluding carboxylic acids is 1. The summed E-state index contributed by atoms with van der Waals surface area (Å²) in [5, 5.41) is 0. The molecule has 1 aromatic carbocycles. The highest BCUT2D eigenvalue weighted by Crippen LogP contribution is 2.42. The number of methoxy groups -OCH3 is 2. The summed E-state index contributed by atoms with van der Waals surface area (Å²) in [5.74, 6) is -0.0917. The number of hydrogen-bond donors (Lipinski definition) is 0. The molecule has 0 unspecified atom stereocenters. The number of aromatic nitrogens is 2. The molecule has 4 rings (SSSR count). The Bertz CT molecular complexity index is 894. The maximum Gasteiger partial charge on any atom is 0.254 e. The largest absolute Gasteiger partial charge is 0.481 e. The third-order valence-corrected chi connectivity index (χ3v) is 5.53. The second-order valence-electron chi connectivity index (χ2n) is 7.37. The molecule has 0 radical (unpaired) electrons. The molecule has 0 bridgehead atoms. The van der Waals surface area contributed by atoms with Gasteiger partial charge in [0.15, 0.2) is 0 Å². The van der Waals surface area contributed by atoms with Gasteiger partial charge in [-0.3, -0.25) is 4.79 Å². The molecule has 2 saturated heterocycles. The van der Waals surface area contributed by atoms with E-state index in [1.165, 1.54) is 25.6 Å². The first-order chi connectivity index (χ1) is 13.5. The number of benzene rings is 1. The van der Waals surface area contributed by atoms with Gasteiger partial charge in [-0.2, -0.15) is 0 Å². The Kier molecular flexibility index (Phi) is 4.99. The van der Waals surface area contributed by atoms with Gasteiger partial charge in [0.25, 0.3) is 5.91 Å². The van der Waals surface area contributed by atoms with Gasteiger partial charge in [0.2, 0.25) is 5.88 Å². The minimum atomic E-state index is -0.493. The van der Waals surface area contributed by atoms with Crippen LogP contribution < -0.4 is 4.74 Å². The molecular weight excluding hydrogens is 365 g/mol. The third kappa shape index (κ3) is 3.33. The van der Waals surface area contributed by atoms with Gasteiger partial charge in [0.05, 0.1) is 32.6 Å². The Labute approximate surface area is 162 Å². The van der Waals surface area contributed by atoms with Crippen molar-refractivity contribution in [1.82, 2.24) is 14.9 Å². The number of likely N-dealkylation sites (tertiary alicyclic amines) is 1. The van der Waals surface area contributed by atoms with E-state index in [0.29, 0.717) is 55.6 Å². The van der Waals surface area contributed by atoms with E-state index < -0.39 is 5.82 Å². The van der Waals surface area contributed by atoms with E-state index >= 15 is 0 Å². The van der Waals surface area contributed by atoms with Crippen LogP contribution >= 0.6 is 0 Å². The minimum Gasteiger partial charge on any atom is -0.481 e. The Morgan fingerprint density at radius 1 is 1.32 bits per heavy atom. The molecule has 1 amide bonds. The highest BCUT2D eigenvalue weighted by Gasteiger charge is 2.52. The summed E-state index contributed by atoms with van der Waals surface area (Å²) in [4.78, 5) is 23.0. The summed E-state index contributed by atoms with van der Waals surface area (Å²) < 4.78 is 30.4. The number of hydrogen-bond acceptors (Lipinski definition) is 6. The monoisotopic (exact) mass is 387 g/mol. The molecule has 8 heteroatoms. The number of carbonyl (C=O) groups is 1. The fourth-order valence-electron chi connectivity index (χ4n) is 4.13. The van der Waals surface area contributed by atoms with Crippen LogP contribution in [0.25, 0.3) is 11.3 Å². The summed E-state index contributed by atoms with van der Waals surface area (Å²) in [7, 11) is 3.15. The standard InChI is InChI=1S/C20H22FN3O4/c1-26-10-20-9-24(7-15(20)8-28-11-20)19(25)14-3-13(4-16(21)5-14)17-6-18(27-2)23-12-22-17/h3-6,12,15H,7-11H2,1-2H3/t15-,20-/m0/s1. The van der Waals surface area contributed by atoms with Gasteiger partial charge in [-0.05, 0) is 18.2 Å². The fourth-order valence-corrected chi connectivity index (χ4v) is 4.13. The maximum atomic E-state index is 14.3. The van der Waals surface area contributed by atoms with Crippen molar-refractivity contribution < 1.29 is 23.4 Å². The summed E-state index contributed by atoms with van der Waals surface area (Å²) >= 11 is 0. The van der Waals surface area contributed by atoms with Crippen LogP contribution in [0.5, 0.6) is 5.88 Å². The van der Waals surface area contributed by atoms with Crippen LogP contribution in [0.1, 0.15) is 10.4 Å². The lowest BCUT2D eigenvalue weighted by Crippen LogP contribution is -2.37. The van der Waals surface area contributed by atoms with Crippen molar-refractivity contribution in [3.8, 4) is 17.1 Å². The van der Waals surface area contributed by atoms with Gasteiger partial charge in [0.1, 0.15) is 12.1 Å². The summed E-state index contributed by atoms with van der Waals surface area (Å²) in [6, 6.07) is 5.87. The van der Waals surface area contributed by atoms with Crippen molar-refractivity contribution in [1.29, 1.82) is 0 Å². The molecule has 1 aromatic heterocycles. The Hall–Kier alpha value is -2.58. The molecule has 28 heavy (non-hydrogen) atoms. The molecule has 2 fully saturated rings. The van der Waals surface area contributed by atoms with E-state index in [2.05, 4.69) is 9.97 Å². The smallest absolute Gasteiger partial charge is 0.254 e. The lowest BCUT2D eigenvalue weighted by molar-refractivity contribution is 0.0489. The van der Waals surface area contributed by atoms with Crippen LogP contribution in [0.15, 0.2) is 30.6 Å². The normalized spacial score (nSPS) is 23.7. The average molecular weight is 387 g/mol. The fraction of sp³-hybridized carbons (Fsp3) is 0.450.